The maximum Gasteiger partial charge on any atom is -0.00773 e. The molecule has 0 atom stereocenters. The van der Waals surface area contributed by atoms with Gasteiger partial charge in [-0.15, -0.1) is 0 Å². The summed E-state index contributed by atoms with van der Waals surface area (Å²) < 4.78 is 0. The molecular weight excluding hydrogens is 122 g/mol. The van der Waals surface area contributed by atoms with E-state index in [1.807, 2.05) is 0 Å². The number of unbranched alkanes of at least 4 members (excludes halogenated alkanes) is 2. The summed E-state index contributed by atoms with van der Waals surface area (Å²) in [6.45, 7) is 6.93. The summed E-state index contributed by atoms with van der Waals surface area (Å²) in [5.74, 6) is 0. The van der Waals surface area contributed by atoms with E-state index in [2.05, 4.69) is 13.5 Å². The monoisotopic (exact) mass is 141 g/mol. The third kappa shape index (κ3) is 5.83. The van der Waals surface area contributed by atoms with Gasteiger partial charge in [0.05, 0.1) is 0 Å². The first kappa shape index (κ1) is 9.70. The molecule has 0 fully saturated rings. The van der Waals surface area contributed by atoms with Gasteiger partial charge < -0.3 is 5.73 Å². The molecule has 0 saturated carbocycles. The molecule has 1 nitrogen and oxygen atoms in total. The third-order valence-electron chi connectivity index (χ3n) is 1.73. The smallest absolute Gasteiger partial charge is 0.00773 e. The van der Waals surface area contributed by atoms with Crippen molar-refractivity contribution in [2.75, 3.05) is 6.54 Å². The van der Waals surface area contributed by atoms with E-state index in [1.165, 1.54) is 24.8 Å². The Kier molecular flexibility index (Phi) is 6.61. The molecule has 1 heteroatoms. The lowest BCUT2D eigenvalue weighted by Crippen LogP contribution is -1.97. The summed E-state index contributed by atoms with van der Waals surface area (Å²) in [7, 11) is 0. The first-order valence-corrected chi connectivity index (χ1v) is 4.18. The molecule has 0 rings (SSSR count). The average molecular weight is 141 g/mol. The van der Waals surface area contributed by atoms with E-state index in [9.17, 15) is 0 Å². The Bertz CT molecular complexity index is 86.7. The zero-order valence-electron chi connectivity index (χ0n) is 7.03. The summed E-state index contributed by atoms with van der Waals surface area (Å²) >= 11 is 0. The molecule has 2 N–H and O–H groups in total. The van der Waals surface area contributed by atoms with Crippen molar-refractivity contribution in [1.29, 1.82) is 0 Å². The van der Waals surface area contributed by atoms with Gasteiger partial charge in [0.2, 0.25) is 0 Å². The van der Waals surface area contributed by atoms with Gasteiger partial charge >= 0.3 is 0 Å². The predicted molar refractivity (Wildman–Crippen MR) is 47.0 cm³/mol. The highest BCUT2D eigenvalue weighted by molar-refractivity contribution is 4.91. The standard InChI is InChI=1S/C9H19N/c1-3-9(2)7-5-4-6-8-10/h2-8,10H2,1H3. The second kappa shape index (κ2) is 6.81. The minimum atomic E-state index is 0.832. The van der Waals surface area contributed by atoms with Crippen LogP contribution in [0.3, 0.4) is 0 Å². The fourth-order valence-electron chi connectivity index (χ4n) is 0.873. The quantitative estimate of drug-likeness (QED) is 0.446. The van der Waals surface area contributed by atoms with Crippen LogP contribution in [0, 0.1) is 0 Å². The number of nitrogens with two attached hydrogens (primary N) is 1. The van der Waals surface area contributed by atoms with Crippen LogP contribution in [0.25, 0.3) is 0 Å². The summed E-state index contributed by atoms with van der Waals surface area (Å²) in [5, 5.41) is 0. The SMILES string of the molecule is C=C(CC)CCCCCN. The summed E-state index contributed by atoms with van der Waals surface area (Å²) in [4.78, 5) is 0. The summed E-state index contributed by atoms with van der Waals surface area (Å²) in [5.41, 5.74) is 6.73. The van der Waals surface area contributed by atoms with Crippen molar-refractivity contribution in [2.24, 2.45) is 5.73 Å². The molecule has 0 aromatic carbocycles. The zero-order chi connectivity index (χ0) is 7.82. The largest absolute Gasteiger partial charge is 0.330 e. The molecule has 0 bridgehead atoms. The minimum absolute atomic E-state index is 0.832. The van der Waals surface area contributed by atoms with Gasteiger partial charge in [0, 0.05) is 0 Å². The van der Waals surface area contributed by atoms with E-state index in [0.717, 1.165) is 19.4 Å². The van der Waals surface area contributed by atoms with Crippen molar-refractivity contribution >= 4 is 0 Å². The van der Waals surface area contributed by atoms with Gasteiger partial charge in [-0.05, 0) is 32.2 Å². The van der Waals surface area contributed by atoms with Crippen LogP contribution in [0.15, 0.2) is 12.2 Å². The lowest BCUT2D eigenvalue weighted by atomic mass is 10.1. The normalized spacial score (nSPS) is 9.80. The molecule has 0 aliphatic carbocycles. The van der Waals surface area contributed by atoms with Crippen LogP contribution in [0.4, 0.5) is 0 Å². The molecule has 0 aromatic rings. The molecule has 0 saturated heterocycles. The number of hydrogen-bond donors (Lipinski definition) is 1. The van der Waals surface area contributed by atoms with Crippen molar-refractivity contribution in [3.05, 3.63) is 12.2 Å². The van der Waals surface area contributed by atoms with E-state index < -0.39 is 0 Å². The second-order valence-corrected chi connectivity index (χ2v) is 2.70. The summed E-state index contributed by atoms with van der Waals surface area (Å²) in [6.07, 6.45) is 6.01. The van der Waals surface area contributed by atoms with Crippen molar-refractivity contribution in [2.45, 2.75) is 39.0 Å². The van der Waals surface area contributed by atoms with Gasteiger partial charge in [-0.3, -0.25) is 0 Å². The average Bonchev–Trinajstić information content (AvgIpc) is 1.98. The molecule has 0 aliphatic rings. The van der Waals surface area contributed by atoms with Crippen LogP contribution in [0.1, 0.15) is 39.0 Å². The Labute approximate surface area is 64.3 Å². The fourth-order valence-corrected chi connectivity index (χ4v) is 0.873. The number of rotatable bonds is 6. The molecule has 0 aromatic heterocycles. The highest BCUT2D eigenvalue weighted by Gasteiger charge is 1.90. The molecule has 10 heavy (non-hydrogen) atoms. The van der Waals surface area contributed by atoms with Gasteiger partial charge in [-0.1, -0.05) is 25.5 Å². The Morgan fingerprint density at radius 3 is 2.50 bits per heavy atom. The van der Waals surface area contributed by atoms with Crippen LogP contribution in [0.5, 0.6) is 0 Å². The zero-order valence-corrected chi connectivity index (χ0v) is 7.03. The van der Waals surface area contributed by atoms with Crippen molar-refractivity contribution in [3.63, 3.8) is 0 Å². The first-order valence-electron chi connectivity index (χ1n) is 4.18. The molecule has 0 spiro atoms. The van der Waals surface area contributed by atoms with Crippen LogP contribution >= 0.6 is 0 Å². The van der Waals surface area contributed by atoms with E-state index >= 15 is 0 Å². The Hall–Kier alpha value is -0.300. The van der Waals surface area contributed by atoms with Gasteiger partial charge in [0.25, 0.3) is 0 Å². The lowest BCUT2D eigenvalue weighted by molar-refractivity contribution is 0.676. The van der Waals surface area contributed by atoms with Crippen LogP contribution < -0.4 is 5.73 Å². The van der Waals surface area contributed by atoms with Crippen LogP contribution in [0.2, 0.25) is 0 Å². The van der Waals surface area contributed by atoms with Gasteiger partial charge in [0.1, 0.15) is 0 Å². The maximum absolute atomic E-state index is 5.36. The van der Waals surface area contributed by atoms with Gasteiger partial charge in [-0.2, -0.15) is 0 Å². The highest BCUT2D eigenvalue weighted by Crippen LogP contribution is 2.08. The Balaban J connectivity index is 2.96. The maximum atomic E-state index is 5.36. The van der Waals surface area contributed by atoms with E-state index in [4.69, 9.17) is 5.73 Å². The third-order valence-corrected chi connectivity index (χ3v) is 1.73. The van der Waals surface area contributed by atoms with Crippen LogP contribution in [-0.4, -0.2) is 6.54 Å². The molecule has 0 heterocycles. The molecule has 0 unspecified atom stereocenters. The molecule has 60 valence electrons. The van der Waals surface area contributed by atoms with Crippen molar-refractivity contribution in [1.82, 2.24) is 0 Å². The molecule has 0 amide bonds. The Morgan fingerprint density at radius 2 is 2.00 bits per heavy atom. The van der Waals surface area contributed by atoms with Gasteiger partial charge in [-0.25, -0.2) is 0 Å². The second-order valence-electron chi connectivity index (χ2n) is 2.70. The van der Waals surface area contributed by atoms with E-state index in [1.54, 1.807) is 0 Å². The fraction of sp³-hybridized carbons (Fsp3) is 0.778. The molecule has 0 aliphatic heterocycles. The van der Waals surface area contributed by atoms with Crippen molar-refractivity contribution < 1.29 is 0 Å². The van der Waals surface area contributed by atoms with Crippen molar-refractivity contribution in [3.8, 4) is 0 Å². The number of allylic oxidation sites excluding steroid dienone is 1. The van der Waals surface area contributed by atoms with Gasteiger partial charge in [0.15, 0.2) is 0 Å². The minimum Gasteiger partial charge on any atom is -0.330 e. The summed E-state index contributed by atoms with van der Waals surface area (Å²) in [6, 6.07) is 0. The molecular formula is C9H19N. The first-order chi connectivity index (χ1) is 4.81. The Morgan fingerprint density at radius 1 is 1.30 bits per heavy atom. The molecule has 0 radical (unpaired) electrons. The number of hydrogen-bond acceptors (Lipinski definition) is 1. The predicted octanol–water partition coefficient (Wildman–Crippen LogP) is 2.47. The topological polar surface area (TPSA) is 26.0 Å². The van der Waals surface area contributed by atoms with E-state index in [0.29, 0.717) is 0 Å². The van der Waals surface area contributed by atoms with E-state index in [-0.39, 0.29) is 0 Å². The lowest BCUT2D eigenvalue weighted by Gasteiger charge is -2.00. The highest BCUT2D eigenvalue weighted by atomic mass is 14.5. The van der Waals surface area contributed by atoms with Crippen LogP contribution in [-0.2, 0) is 0 Å².